The molecular weight excluding hydrogens is 270 g/mol. The van der Waals surface area contributed by atoms with Crippen molar-refractivity contribution in [1.29, 1.82) is 0 Å². The second-order valence-electron chi connectivity index (χ2n) is 4.70. The number of rotatable bonds is 1. The second-order valence-corrected chi connectivity index (χ2v) is 4.70. The van der Waals surface area contributed by atoms with Gasteiger partial charge in [0.15, 0.2) is 11.6 Å². The van der Waals surface area contributed by atoms with Crippen molar-refractivity contribution in [2.24, 2.45) is 0 Å². The molecular formula is C13H10F2N2O3. The van der Waals surface area contributed by atoms with Crippen LogP contribution in [0.4, 0.5) is 8.78 Å². The third kappa shape index (κ3) is 1.70. The highest BCUT2D eigenvalue weighted by Crippen LogP contribution is 2.29. The normalized spacial score (nSPS) is 18.8. The van der Waals surface area contributed by atoms with Crippen LogP contribution >= 0.6 is 0 Å². The number of amides is 3. The minimum Gasteiger partial charge on any atom is -0.273 e. The Morgan fingerprint density at radius 1 is 1.00 bits per heavy atom. The molecule has 2 aliphatic heterocycles. The van der Waals surface area contributed by atoms with Gasteiger partial charge in [0.2, 0.25) is 11.8 Å². The van der Waals surface area contributed by atoms with Gasteiger partial charge in [-0.05, 0) is 18.6 Å². The summed E-state index contributed by atoms with van der Waals surface area (Å²) in [5, 5.41) is 1.64. The van der Waals surface area contributed by atoms with Crippen LogP contribution in [0, 0.1) is 11.6 Å². The first-order valence-electron chi connectivity index (χ1n) is 6.15. The molecule has 1 aromatic rings. The van der Waals surface area contributed by atoms with E-state index in [1.807, 2.05) is 0 Å². The standard InChI is InChI=1S/C13H10F2N2O3/c14-9-5-4-7-8(12(9)15)6-16(13(7)20)17-10(18)2-1-3-11(17)19/h4-5H,1-3,6H2. The molecule has 0 bridgehead atoms. The fourth-order valence-corrected chi connectivity index (χ4v) is 2.48. The quantitative estimate of drug-likeness (QED) is 0.730. The highest BCUT2D eigenvalue weighted by molar-refractivity contribution is 6.04. The van der Waals surface area contributed by atoms with E-state index >= 15 is 0 Å². The van der Waals surface area contributed by atoms with Gasteiger partial charge in [0.1, 0.15) is 0 Å². The van der Waals surface area contributed by atoms with Crippen LogP contribution in [0.2, 0.25) is 0 Å². The third-order valence-corrected chi connectivity index (χ3v) is 3.46. The zero-order valence-electron chi connectivity index (χ0n) is 10.4. The van der Waals surface area contributed by atoms with Gasteiger partial charge in [0.05, 0.1) is 6.54 Å². The maximum Gasteiger partial charge on any atom is 0.273 e. The molecule has 1 aromatic carbocycles. The first-order chi connectivity index (χ1) is 9.50. The Morgan fingerprint density at radius 2 is 1.65 bits per heavy atom. The molecule has 3 rings (SSSR count). The van der Waals surface area contributed by atoms with E-state index in [0.717, 1.165) is 22.2 Å². The van der Waals surface area contributed by atoms with Gasteiger partial charge in [-0.25, -0.2) is 13.8 Å². The highest BCUT2D eigenvalue weighted by Gasteiger charge is 2.40. The van der Waals surface area contributed by atoms with Gasteiger partial charge in [-0.15, -0.1) is 0 Å². The number of hydrazine groups is 1. The lowest BCUT2D eigenvalue weighted by Crippen LogP contribution is -2.52. The summed E-state index contributed by atoms with van der Waals surface area (Å²) in [4.78, 5) is 35.7. The smallest absolute Gasteiger partial charge is 0.273 e. The molecule has 1 fully saturated rings. The molecule has 0 aliphatic carbocycles. The van der Waals surface area contributed by atoms with Gasteiger partial charge >= 0.3 is 0 Å². The Kier molecular flexibility index (Phi) is 2.77. The van der Waals surface area contributed by atoms with Crippen molar-refractivity contribution in [2.75, 3.05) is 0 Å². The summed E-state index contributed by atoms with van der Waals surface area (Å²) in [6.45, 7) is -0.310. The minimum atomic E-state index is -1.12. The lowest BCUT2D eigenvalue weighted by Gasteiger charge is -2.32. The third-order valence-electron chi connectivity index (χ3n) is 3.46. The number of imide groups is 1. The van der Waals surface area contributed by atoms with Gasteiger partial charge in [-0.1, -0.05) is 0 Å². The predicted octanol–water partition coefficient (Wildman–Crippen LogP) is 1.37. The van der Waals surface area contributed by atoms with Crippen LogP contribution in [-0.4, -0.2) is 27.7 Å². The van der Waals surface area contributed by atoms with Crippen LogP contribution in [0.1, 0.15) is 35.2 Å². The van der Waals surface area contributed by atoms with E-state index in [9.17, 15) is 23.2 Å². The summed E-state index contributed by atoms with van der Waals surface area (Å²) in [5.41, 5.74) is -0.142. The van der Waals surface area contributed by atoms with Crippen LogP contribution in [0.5, 0.6) is 0 Å². The average molecular weight is 280 g/mol. The summed E-state index contributed by atoms with van der Waals surface area (Å²) < 4.78 is 26.8. The van der Waals surface area contributed by atoms with Crippen LogP contribution in [0.15, 0.2) is 12.1 Å². The van der Waals surface area contributed by atoms with Gasteiger partial charge in [0, 0.05) is 24.0 Å². The topological polar surface area (TPSA) is 57.7 Å². The molecule has 20 heavy (non-hydrogen) atoms. The van der Waals surface area contributed by atoms with Crippen molar-refractivity contribution in [1.82, 2.24) is 10.0 Å². The molecule has 5 nitrogen and oxygen atoms in total. The van der Waals surface area contributed by atoms with Crippen molar-refractivity contribution in [2.45, 2.75) is 25.8 Å². The fourth-order valence-electron chi connectivity index (χ4n) is 2.48. The number of piperidine rings is 1. The Hall–Kier alpha value is -2.31. The number of fused-ring (bicyclic) bond motifs is 1. The Balaban J connectivity index is 1.99. The molecule has 2 aliphatic rings. The lowest BCUT2D eigenvalue weighted by atomic mass is 10.1. The van der Waals surface area contributed by atoms with E-state index in [-0.39, 0.29) is 30.5 Å². The minimum absolute atomic E-state index is 0.0185. The van der Waals surface area contributed by atoms with E-state index < -0.39 is 29.4 Å². The molecule has 0 N–H and O–H groups in total. The van der Waals surface area contributed by atoms with Gasteiger partial charge in [-0.3, -0.25) is 14.4 Å². The number of hydrogen-bond acceptors (Lipinski definition) is 3. The Labute approximate surface area is 112 Å². The second kappa shape index (κ2) is 4.36. The van der Waals surface area contributed by atoms with Crippen molar-refractivity contribution in [3.05, 3.63) is 34.9 Å². The lowest BCUT2D eigenvalue weighted by molar-refractivity contribution is -0.163. The summed E-state index contributed by atoms with van der Waals surface area (Å²) in [7, 11) is 0. The Morgan fingerprint density at radius 3 is 2.30 bits per heavy atom. The zero-order valence-corrected chi connectivity index (χ0v) is 10.4. The van der Waals surface area contributed by atoms with Crippen molar-refractivity contribution >= 4 is 17.7 Å². The maximum atomic E-state index is 13.7. The number of carbonyl (C=O) groups is 3. The molecule has 0 atom stereocenters. The molecule has 104 valence electrons. The number of nitrogens with zero attached hydrogens (tertiary/aromatic N) is 2. The molecule has 0 spiro atoms. The summed E-state index contributed by atoms with van der Waals surface area (Å²) in [6.07, 6.45) is 0.748. The van der Waals surface area contributed by atoms with Crippen molar-refractivity contribution in [3.8, 4) is 0 Å². The number of benzene rings is 1. The molecule has 0 unspecified atom stereocenters. The largest absolute Gasteiger partial charge is 0.273 e. The van der Waals surface area contributed by atoms with Gasteiger partial charge in [-0.2, -0.15) is 5.01 Å². The van der Waals surface area contributed by atoms with Crippen LogP contribution in [0.25, 0.3) is 0 Å². The monoisotopic (exact) mass is 280 g/mol. The van der Waals surface area contributed by atoms with E-state index in [2.05, 4.69) is 0 Å². The van der Waals surface area contributed by atoms with Crippen molar-refractivity contribution < 1.29 is 23.2 Å². The van der Waals surface area contributed by atoms with Crippen molar-refractivity contribution in [3.63, 3.8) is 0 Å². The van der Waals surface area contributed by atoms with Gasteiger partial charge in [0.25, 0.3) is 5.91 Å². The predicted molar refractivity (Wildman–Crippen MR) is 61.9 cm³/mol. The van der Waals surface area contributed by atoms with E-state index in [4.69, 9.17) is 0 Å². The molecule has 7 heteroatoms. The van der Waals surface area contributed by atoms with E-state index in [0.29, 0.717) is 6.42 Å². The molecule has 3 amide bonds. The number of hydrogen-bond donors (Lipinski definition) is 0. The van der Waals surface area contributed by atoms with Crippen LogP contribution in [0.3, 0.4) is 0 Å². The molecule has 0 aromatic heterocycles. The highest BCUT2D eigenvalue weighted by atomic mass is 19.2. The molecule has 0 saturated carbocycles. The average Bonchev–Trinajstić information content (AvgIpc) is 2.72. The first kappa shape index (κ1) is 12.7. The van der Waals surface area contributed by atoms with Crippen LogP contribution < -0.4 is 0 Å². The van der Waals surface area contributed by atoms with Crippen LogP contribution in [-0.2, 0) is 16.1 Å². The maximum absolute atomic E-state index is 13.7. The SMILES string of the molecule is O=C1c2ccc(F)c(F)c2CN1N1C(=O)CCCC1=O. The van der Waals surface area contributed by atoms with E-state index in [1.165, 1.54) is 0 Å². The first-order valence-corrected chi connectivity index (χ1v) is 6.15. The van der Waals surface area contributed by atoms with E-state index in [1.54, 1.807) is 0 Å². The molecule has 1 saturated heterocycles. The summed E-state index contributed by atoms with van der Waals surface area (Å²) >= 11 is 0. The fraction of sp³-hybridized carbons (Fsp3) is 0.308. The van der Waals surface area contributed by atoms with Gasteiger partial charge < -0.3 is 0 Å². The summed E-state index contributed by atoms with van der Waals surface area (Å²) in [6, 6.07) is 2.02. The number of carbonyl (C=O) groups excluding carboxylic acids is 3. The molecule has 0 radical (unpaired) electrons. The number of halogens is 2. The summed E-state index contributed by atoms with van der Waals surface area (Å²) in [5.74, 6) is -3.83. The molecule has 2 heterocycles. The zero-order chi connectivity index (χ0) is 14.4. The Bertz CT molecular complexity index is 629.